The Morgan fingerprint density at radius 1 is 0.667 bits per heavy atom. The number of esters is 2. The predicted molar refractivity (Wildman–Crippen MR) is 158 cm³/mol. The zero-order valence-corrected chi connectivity index (χ0v) is 25.8. The van der Waals surface area contributed by atoms with Gasteiger partial charge in [0.2, 0.25) is 5.91 Å². The molecule has 0 fully saturated rings. The van der Waals surface area contributed by atoms with Crippen molar-refractivity contribution in [1.82, 2.24) is 5.32 Å². The lowest BCUT2D eigenvalue weighted by molar-refractivity contribution is -0.187. The van der Waals surface area contributed by atoms with Gasteiger partial charge in [0.1, 0.15) is 6.04 Å². The summed E-state index contributed by atoms with van der Waals surface area (Å²) in [4.78, 5) is 49.0. The molecule has 0 bridgehead atoms. The minimum absolute atomic E-state index is 0.0672. The van der Waals surface area contributed by atoms with Crippen molar-refractivity contribution in [2.24, 2.45) is 0 Å². The lowest BCUT2D eigenvalue weighted by Crippen LogP contribution is -2.43. The van der Waals surface area contributed by atoms with E-state index in [1.54, 1.807) is 6.92 Å². The number of carboxylic acid groups (broad SMARTS) is 1. The molecule has 0 aromatic heterocycles. The molecule has 0 heterocycles. The lowest BCUT2D eigenvalue weighted by atomic mass is 10.1. The van der Waals surface area contributed by atoms with Crippen LogP contribution >= 0.6 is 11.8 Å². The Morgan fingerprint density at radius 2 is 1.08 bits per heavy atom. The first-order chi connectivity index (χ1) is 18.7. The molecule has 0 saturated heterocycles. The quantitative estimate of drug-likeness (QED) is 0.0635. The van der Waals surface area contributed by atoms with Crippen molar-refractivity contribution >= 4 is 35.6 Å². The molecule has 228 valence electrons. The number of carboxylic acids is 1. The van der Waals surface area contributed by atoms with Crippen LogP contribution < -0.4 is 5.32 Å². The summed E-state index contributed by atoms with van der Waals surface area (Å²) < 4.78 is 11.1. The first-order valence-electron chi connectivity index (χ1n) is 15.3. The van der Waals surface area contributed by atoms with Crippen LogP contribution in [0.5, 0.6) is 0 Å². The summed E-state index contributed by atoms with van der Waals surface area (Å²) in [6.45, 7) is 8.13. The van der Waals surface area contributed by atoms with Crippen LogP contribution in [0, 0.1) is 0 Å². The zero-order valence-electron chi connectivity index (χ0n) is 25.0. The van der Waals surface area contributed by atoms with Gasteiger partial charge in [-0.2, -0.15) is 0 Å². The Labute approximate surface area is 241 Å². The van der Waals surface area contributed by atoms with Crippen LogP contribution in [0.25, 0.3) is 0 Å². The van der Waals surface area contributed by atoms with Crippen LogP contribution in [-0.2, 0) is 28.7 Å². The number of aliphatic carboxylic acids is 1. The fourth-order valence-electron chi connectivity index (χ4n) is 4.00. The molecule has 2 atom stereocenters. The van der Waals surface area contributed by atoms with Crippen molar-refractivity contribution < 1.29 is 33.8 Å². The van der Waals surface area contributed by atoms with Crippen LogP contribution in [0.3, 0.4) is 0 Å². The molecule has 9 heteroatoms. The third-order valence-corrected chi connectivity index (χ3v) is 7.79. The van der Waals surface area contributed by atoms with E-state index in [0.717, 1.165) is 83.5 Å². The normalized spacial score (nSPS) is 12.6. The summed E-state index contributed by atoms with van der Waals surface area (Å²) in [7, 11) is 0. The van der Waals surface area contributed by atoms with Crippen molar-refractivity contribution in [2.75, 3.05) is 5.75 Å². The van der Waals surface area contributed by atoms with Gasteiger partial charge in [0.15, 0.2) is 0 Å². The topological polar surface area (TPSA) is 119 Å². The van der Waals surface area contributed by atoms with Crippen molar-refractivity contribution in [3.63, 3.8) is 0 Å². The van der Waals surface area contributed by atoms with Crippen molar-refractivity contribution in [3.8, 4) is 0 Å². The fraction of sp³-hybridized carbons (Fsp3) is 0.867. The molecular formula is C30H55NO7S. The SMILES string of the molecule is CCCCCCCC(=O)N[C@@H](CSC(C)C(OC(=O)CCCCCCC)OC(=O)CCCCCCC)C(=O)O. The Bertz CT molecular complexity index is 646. The van der Waals surface area contributed by atoms with Gasteiger partial charge in [-0.25, -0.2) is 4.79 Å². The first kappa shape index (κ1) is 37.2. The number of carbonyl (C=O) groups is 4. The number of carbonyl (C=O) groups excluding carboxylic acids is 3. The molecule has 1 amide bonds. The molecule has 0 aromatic rings. The molecule has 0 aliphatic carbocycles. The van der Waals surface area contributed by atoms with Gasteiger partial charge in [-0.15, -0.1) is 11.8 Å². The number of hydrogen-bond donors (Lipinski definition) is 2. The van der Waals surface area contributed by atoms with Crippen molar-refractivity contribution in [2.45, 2.75) is 161 Å². The highest BCUT2D eigenvalue weighted by atomic mass is 32.2. The summed E-state index contributed by atoms with van der Waals surface area (Å²) in [6, 6.07) is -1.08. The Balaban J connectivity index is 4.92. The van der Waals surface area contributed by atoms with Gasteiger partial charge >= 0.3 is 17.9 Å². The molecule has 0 aromatic carbocycles. The maximum Gasteiger partial charge on any atom is 0.327 e. The Morgan fingerprint density at radius 3 is 1.49 bits per heavy atom. The van der Waals surface area contributed by atoms with E-state index in [9.17, 15) is 24.3 Å². The van der Waals surface area contributed by atoms with Crippen molar-refractivity contribution in [3.05, 3.63) is 0 Å². The largest absolute Gasteiger partial charge is 0.480 e. The average Bonchev–Trinajstić information content (AvgIpc) is 2.89. The Kier molecular flexibility index (Phi) is 24.1. The minimum atomic E-state index is -1.13. The van der Waals surface area contributed by atoms with E-state index in [2.05, 4.69) is 26.1 Å². The van der Waals surface area contributed by atoms with E-state index in [1.807, 2.05) is 0 Å². The predicted octanol–water partition coefficient (Wildman–Crippen LogP) is 7.17. The molecule has 0 radical (unpaired) electrons. The van der Waals surface area contributed by atoms with Gasteiger partial charge in [0.05, 0.1) is 5.25 Å². The van der Waals surface area contributed by atoms with Crippen LogP contribution in [0.2, 0.25) is 0 Å². The van der Waals surface area contributed by atoms with E-state index in [0.29, 0.717) is 19.3 Å². The number of rotatable bonds is 26. The number of unbranched alkanes of at least 4 members (excludes halogenated alkanes) is 12. The maximum absolute atomic E-state index is 12.5. The molecule has 0 aliphatic rings. The number of thioether (sulfide) groups is 1. The third kappa shape index (κ3) is 21.7. The molecule has 39 heavy (non-hydrogen) atoms. The van der Waals surface area contributed by atoms with Crippen LogP contribution in [0.4, 0.5) is 0 Å². The number of amides is 1. The molecule has 0 saturated carbocycles. The molecule has 0 aliphatic heterocycles. The van der Waals surface area contributed by atoms with E-state index in [4.69, 9.17) is 9.47 Å². The molecule has 0 spiro atoms. The van der Waals surface area contributed by atoms with Gasteiger partial charge in [0, 0.05) is 25.0 Å². The van der Waals surface area contributed by atoms with E-state index < -0.39 is 35.5 Å². The van der Waals surface area contributed by atoms with Crippen LogP contribution in [0.1, 0.15) is 143 Å². The smallest absolute Gasteiger partial charge is 0.327 e. The molecule has 8 nitrogen and oxygen atoms in total. The summed E-state index contributed by atoms with van der Waals surface area (Å²) in [5.41, 5.74) is 0. The number of nitrogens with one attached hydrogen (secondary N) is 1. The van der Waals surface area contributed by atoms with Gasteiger partial charge in [-0.3, -0.25) is 14.4 Å². The third-order valence-electron chi connectivity index (χ3n) is 6.51. The van der Waals surface area contributed by atoms with Gasteiger partial charge in [-0.05, 0) is 26.2 Å². The number of hydrogen-bond acceptors (Lipinski definition) is 7. The highest BCUT2D eigenvalue weighted by molar-refractivity contribution is 8.00. The molecule has 0 rings (SSSR count). The summed E-state index contributed by atoms with van der Waals surface area (Å²) in [5.74, 6) is -2.19. The molecule has 2 N–H and O–H groups in total. The lowest BCUT2D eigenvalue weighted by Gasteiger charge is -2.25. The number of ether oxygens (including phenoxy) is 2. The summed E-state index contributed by atoms with van der Waals surface area (Å²) >= 11 is 1.20. The average molecular weight is 574 g/mol. The van der Waals surface area contributed by atoms with E-state index in [-0.39, 0.29) is 24.5 Å². The standard InChI is InChI=1S/C30H55NO7S/c1-5-8-11-14-17-20-26(32)31-25(29(35)36)23-39-24(4)30(37-27(33)21-18-15-12-9-6-2)38-28(34)22-19-16-13-10-7-3/h24-25,30H,5-23H2,1-4H3,(H,31,32)(H,35,36)/t24?,25-/m0/s1. The Hall–Kier alpha value is -1.77. The highest BCUT2D eigenvalue weighted by Crippen LogP contribution is 2.21. The molecular weight excluding hydrogens is 518 g/mol. The minimum Gasteiger partial charge on any atom is -0.480 e. The van der Waals surface area contributed by atoms with Gasteiger partial charge in [0.25, 0.3) is 6.29 Å². The van der Waals surface area contributed by atoms with Crippen LogP contribution in [-0.4, -0.2) is 52.3 Å². The van der Waals surface area contributed by atoms with Crippen molar-refractivity contribution in [1.29, 1.82) is 0 Å². The summed E-state index contributed by atoms with van der Waals surface area (Å²) in [5, 5.41) is 11.7. The second kappa shape index (κ2) is 25.2. The summed E-state index contributed by atoms with van der Waals surface area (Å²) in [6.07, 6.45) is 14.6. The van der Waals surface area contributed by atoms with Gasteiger partial charge in [-0.1, -0.05) is 97.8 Å². The van der Waals surface area contributed by atoms with Crippen LogP contribution in [0.15, 0.2) is 0 Å². The van der Waals surface area contributed by atoms with Gasteiger partial charge < -0.3 is 19.9 Å². The molecule has 1 unspecified atom stereocenters. The monoisotopic (exact) mass is 573 g/mol. The second-order valence-electron chi connectivity index (χ2n) is 10.3. The van der Waals surface area contributed by atoms with E-state index in [1.165, 1.54) is 11.8 Å². The highest BCUT2D eigenvalue weighted by Gasteiger charge is 2.29. The van der Waals surface area contributed by atoms with E-state index >= 15 is 0 Å². The second-order valence-corrected chi connectivity index (χ2v) is 11.7. The maximum atomic E-state index is 12.5. The first-order valence-corrected chi connectivity index (χ1v) is 16.3. The fourth-order valence-corrected chi connectivity index (χ4v) is 4.99. The zero-order chi connectivity index (χ0) is 29.3.